The zero-order valence-electron chi connectivity index (χ0n) is 11.9. The summed E-state index contributed by atoms with van der Waals surface area (Å²) in [6.45, 7) is 5.51. The summed E-state index contributed by atoms with van der Waals surface area (Å²) in [5.41, 5.74) is 1.63. The van der Waals surface area contributed by atoms with Crippen molar-refractivity contribution in [1.82, 2.24) is 9.97 Å². The molecule has 1 fully saturated rings. The van der Waals surface area contributed by atoms with Crippen molar-refractivity contribution in [2.75, 3.05) is 23.3 Å². The minimum atomic E-state index is -0.217. The number of carbonyl (C=O) groups is 1. The number of fused-ring (bicyclic) bond motifs is 1. The summed E-state index contributed by atoms with van der Waals surface area (Å²) in [6, 6.07) is 5.68. The number of hydrogen-bond donors (Lipinski definition) is 1. The molecule has 0 unspecified atom stereocenters. The molecule has 3 rings (SSSR count). The first-order chi connectivity index (χ1) is 10.3. The molecule has 0 radical (unpaired) electrons. The molecule has 2 aromatic rings. The lowest BCUT2D eigenvalue weighted by Gasteiger charge is -2.28. The maximum absolute atomic E-state index is 11.4. The van der Waals surface area contributed by atoms with Gasteiger partial charge in [0.1, 0.15) is 12.1 Å². The SMILES string of the molecule is C=CC(=O)Nc1ccc2ncnc(N3CCCCC3)c2c1. The Balaban J connectivity index is 2.00. The van der Waals surface area contributed by atoms with E-state index >= 15 is 0 Å². The third kappa shape index (κ3) is 2.86. The summed E-state index contributed by atoms with van der Waals surface area (Å²) in [6.07, 6.45) is 6.53. The van der Waals surface area contributed by atoms with Crippen molar-refractivity contribution in [3.63, 3.8) is 0 Å². The number of hydrogen-bond acceptors (Lipinski definition) is 4. The molecule has 0 bridgehead atoms. The van der Waals surface area contributed by atoms with Crippen LogP contribution in [0.1, 0.15) is 19.3 Å². The highest BCUT2D eigenvalue weighted by molar-refractivity contribution is 6.01. The van der Waals surface area contributed by atoms with Gasteiger partial charge in [-0.05, 0) is 43.5 Å². The van der Waals surface area contributed by atoms with Crippen LogP contribution in [0.5, 0.6) is 0 Å². The van der Waals surface area contributed by atoms with Crippen molar-refractivity contribution in [1.29, 1.82) is 0 Å². The average molecular weight is 282 g/mol. The van der Waals surface area contributed by atoms with Gasteiger partial charge in [-0.3, -0.25) is 4.79 Å². The third-order valence-corrected chi connectivity index (χ3v) is 3.72. The van der Waals surface area contributed by atoms with Crippen LogP contribution in [0.2, 0.25) is 0 Å². The van der Waals surface area contributed by atoms with Gasteiger partial charge in [0.25, 0.3) is 0 Å². The second-order valence-electron chi connectivity index (χ2n) is 5.17. The molecule has 108 valence electrons. The van der Waals surface area contributed by atoms with Gasteiger partial charge in [-0.15, -0.1) is 0 Å². The van der Waals surface area contributed by atoms with E-state index in [-0.39, 0.29) is 5.91 Å². The van der Waals surface area contributed by atoms with Gasteiger partial charge in [0.05, 0.1) is 5.52 Å². The van der Waals surface area contributed by atoms with Crippen molar-refractivity contribution in [2.45, 2.75) is 19.3 Å². The fourth-order valence-corrected chi connectivity index (χ4v) is 2.67. The molecule has 1 aromatic carbocycles. The second-order valence-corrected chi connectivity index (χ2v) is 5.17. The Morgan fingerprint density at radius 2 is 2.05 bits per heavy atom. The largest absolute Gasteiger partial charge is 0.356 e. The molecule has 0 atom stereocenters. The summed E-state index contributed by atoms with van der Waals surface area (Å²) < 4.78 is 0. The van der Waals surface area contributed by atoms with Gasteiger partial charge in [-0.2, -0.15) is 0 Å². The molecule has 2 heterocycles. The Labute approximate surface area is 123 Å². The molecule has 0 spiro atoms. The van der Waals surface area contributed by atoms with Crippen LogP contribution >= 0.6 is 0 Å². The molecular formula is C16H18N4O. The Hall–Kier alpha value is -2.43. The minimum absolute atomic E-state index is 0.217. The highest BCUT2D eigenvalue weighted by Crippen LogP contribution is 2.27. The van der Waals surface area contributed by atoms with E-state index in [4.69, 9.17) is 0 Å². The second kappa shape index (κ2) is 5.91. The minimum Gasteiger partial charge on any atom is -0.356 e. The summed E-state index contributed by atoms with van der Waals surface area (Å²) in [5, 5.41) is 3.76. The number of amides is 1. The standard InChI is InChI=1S/C16H18N4O/c1-2-15(21)19-12-6-7-14-13(10-12)16(18-11-17-14)20-8-4-3-5-9-20/h2,6-7,10-11H,1,3-5,8-9H2,(H,19,21). The van der Waals surface area contributed by atoms with E-state index in [1.54, 1.807) is 6.33 Å². The molecule has 1 saturated heterocycles. The number of nitrogens with zero attached hydrogens (tertiary/aromatic N) is 3. The first-order valence-electron chi connectivity index (χ1n) is 7.21. The van der Waals surface area contributed by atoms with Crippen LogP contribution in [-0.4, -0.2) is 29.0 Å². The van der Waals surface area contributed by atoms with E-state index in [1.165, 1.54) is 25.3 Å². The first-order valence-corrected chi connectivity index (χ1v) is 7.21. The topological polar surface area (TPSA) is 58.1 Å². The van der Waals surface area contributed by atoms with Crippen LogP contribution in [0.4, 0.5) is 11.5 Å². The van der Waals surface area contributed by atoms with Crippen LogP contribution in [0.3, 0.4) is 0 Å². The molecular weight excluding hydrogens is 264 g/mol. The number of nitrogens with one attached hydrogen (secondary N) is 1. The smallest absolute Gasteiger partial charge is 0.247 e. The zero-order chi connectivity index (χ0) is 14.7. The average Bonchev–Trinajstić information content (AvgIpc) is 2.55. The number of anilines is 2. The maximum Gasteiger partial charge on any atom is 0.247 e. The quantitative estimate of drug-likeness (QED) is 0.879. The van der Waals surface area contributed by atoms with Gasteiger partial charge in [-0.1, -0.05) is 6.58 Å². The summed E-state index contributed by atoms with van der Waals surface area (Å²) in [5.74, 6) is 0.736. The summed E-state index contributed by atoms with van der Waals surface area (Å²) >= 11 is 0. The van der Waals surface area contributed by atoms with E-state index in [0.717, 1.165) is 35.5 Å². The van der Waals surface area contributed by atoms with Gasteiger partial charge >= 0.3 is 0 Å². The maximum atomic E-state index is 11.4. The Morgan fingerprint density at radius 3 is 2.81 bits per heavy atom. The predicted molar refractivity (Wildman–Crippen MR) is 84.4 cm³/mol. The van der Waals surface area contributed by atoms with E-state index in [0.29, 0.717) is 0 Å². The lowest BCUT2D eigenvalue weighted by atomic mass is 10.1. The third-order valence-electron chi connectivity index (χ3n) is 3.72. The van der Waals surface area contributed by atoms with Crippen molar-refractivity contribution >= 4 is 28.3 Å². The molecule has 1 amide bonds. The lowest BCUT2D eigenvalue weighted by Crippen LogP contribution is -2.30. The van der Waals surface area contributed by atoms with Gasteiger partial charge in [-0.25, -0.2) is 9.97 Å². The van der Waals surface area contributed by atoms with Crippen molar-refractivity contribution in [2.24, 2.45) is 0 Å². The van der Waals surface area contributed by atoms with E-state index in [2.05, 4.69) is 26.8 Å². The number of rotatable bonds is 3. The molecule has 1 aromatic heterocycles. The number of benzene rings is 1. The van der Waals surface area contributed by atoms with Crippen molar-refractivity contribution in [3.05, 3.63) is 37.2 Å². The molecule has 21 heavy (non-hydrogen) atoms. The fraction of sp³-hybridized carbons (Fsp3) is 0.312. The predicted octanol–water partition coefficient (Wildman–Crippen LogP) is 2.74. The highest BCUT2D eigenvalue weighted by atomic mass is 16.1. The summed E-state index contributed by atoms with van der Waals surface area (Å²) in [4.78, 5) is 22.5. The Morgan fingerprint density at radius 1 is 1.24 bits per heavy atom. The number of carbonyl (C=O) groups excluding carboxylic acids is 1. The zero-order valence-corrected chi connectivity index (χ0v) is 11.9. The summed E-state index contributed by atoms with van der Waals surface area (Å²) in [7, 11) is 0. The van der Waals surface area contributed by atoms with Gasteiger partial charge in [0.15, 0.2) is 0 Å². The van der Waals surface area contributed by atoms with Crippen molar-refractivity contribution < 1.29 is 4.79 Å². The van der Waals surface area contributed by atoms with Crippen molar-refractivity contribution in [3.8, 4) is 0 Å². The van der Waals surface area contributed by atoms with E-state index < -0.39 is 0 Å². The molecule has 0 aliphatic carbocycles. The van der Waals surface area contributed by atoms with E-state index in [9.17, 15) is 4.79 Å². The molecule has 5 heteroatoms. The molecule has 5 nitrogen and oxygen atoms in total. The molecule has 0 saturated carbocycles. The number of piperidine rings is 1. The Kier molecular flexibility index (Phi) is 3.81. The van der Waals surface area contributed by atoms with Crippen LogP contribution in [-0.2, 0) is 4.79 Å². The van der Waals surface area contributed by atoms with Crippen LogP contribution in [0.25, 0.3) is 10.9 Å². The van der Waals surface area contributed by atoms with Crippen LogP contribution in [0, 0.1) is 0 Å². The van der Waals surface area contributed by atoms with Crippen LogP contribution < -0.4 is 10.2 Å². The normalized spacial score (nSPS) is 15.0. The van der Waals surface area contributed by atoms with E-state index in [1.807, 2.05) is 18.2 Å². The lowest BCUT2D eigenvalue weighted by molar-refractivity contribution is -0.111. The van der Waals surface area contributed by atoms with Gasteiger partial charge in [0, 0.05) is 24.2 Å². The van der Waals surface area contributed by atoms with Gasteiger partial charge in [0.2, 0.25) is 5.91 Å². The Bertz CT molecular complexity index is 677. The van der Waals surface area contributed by atoms with Gasteiger partial charge < -0.3 is 10.2 Å². The highest BCUT2D eigenvalue weighted by Gasteiger charge is 2.15. The molecule has 1 aliphatic heterocycles. The molecule has 1 N–H and O–H groups in total. The first kappa shape index (κ1) is 13.5. The molecule has 1 aliphatic rings. The monoisotopic (exact) mass is 282 g/mol. The van der Waals surface area contributed by atoms with Crippen LogP contribution in [0.15, 0.2) is 37.2 Å². The number of aromatic nitrogens is 2. The fourth-order valence-electron chi connectivity index (χ4n) is 2.67.